The van der Waals surface area contributed by atoms with Gasteiger partial charge in [-0.2, -0.15) is 4.31 Å². The van der Waals surface area contributed by atoms with Crippen LogP contribution in [0.5, 0.6) is 11.5 Å². The van der Waals surface area contributed by atoms with Crippen molar-refractivity contribution in [1.29, 1.82) is 0 Å². The first-order valence-electron chi connectivity index (χ1n) is 18.5. The molecule has 0 radical (unpaired) electrons. The number of benzene rings is 2. The third-order valence-corrected chi connectivity index (χ3v) is 12.5. The SMILES string of the molecule is Cc1cc(C[C@@H](OC(=O)N2CCC(N3CCc4ccccc4NC3=O)CC2)C(=O)N2CCC(N3CCN(S(C)(=O)=O)CC3)CC2)cc2c1OCCO2. The number of hydrogen-bond acceptors (Lipinski definition) is 9. The van der Waals surface area contributed by atoms with Crippen molar-refractivity contribution in [3.63, 3.8) is 0 Å². The molecule has 14 nitrogen and oxygen atoms in total. The largest absolute Gasteiger partial charge is 0.486 e. The number of nitrogens with one attached hydrogen (secondary N) is 1. The van der Waals surface area contributed by atoms with Crippen molar-refractivity contribution >= 4 is 33.7 Å². The van der Waals surface area contributed by atoms with Crippen molar-refractivity contribution in [1.82, 2.24) is 23.9 Å². The van der Waals surface area contributed by atoms with E-state index in [4.69, 9.17) is 14.2 Å². The molecule has 3 fully saturated rings. The van der Waals surface area contributed by atoms with Gasteiger partial charge in [0.2, 0.25) is 10.0 Å². The number of rotatable bonds is 7. The van der Waals surface area contributed by atoms with Gasteiger partial charge in [0.25, 0.3) is 5.91 Å². The van der Waals surface area contributed by atoms with Crippen LogP contribution in [0.4, 0.5) is 15.3 Å². The van der Waals surface area contributed by atoms with Crippen LogP contribution in [0, 0.1) is 6.92 Å². The van der Waals surface area contributed by atoms with Gasteiger partial charge in [-0.1, -0.05) is 24.3 Å². The molecule has 5 aliphatic rings. The summed E-state index contributed by atoms with van der Waals surface area (Å²) in [6, 6.07) is 11.8. The minimum atomic E-state index is -3.21. The molecule has 52 heavy (non-hydrogen) atoms. The highest BCUT2D eigenvalue weighted by Crippen LogP contribution is 2.35. The molecule has 0 aliphatic carbocycles. The number of ether oxygens (including phenoxy) is 3. The first kappa shape index (κ1) is 36.3. The van der Waals surface area contributed by atoms with Gasteiger partial charge < -0.3 is 34.2 Å². The van der Waals surface area contributed by atoms with E-state index in [9.17, 15) is 22.8 Å². The number of likely N-dealkylation sites (tertiary alicyclic amines) is 2. The fraction of sp³-hybridized carbons (Fsp3) is 0.595. The number of para-hydroxylation sites is 1. The fourth-order valence-electron chi connectivity index (χ4n) is 8.26. The van der Waals surface area contributed by atoms with E-state index in [1.165, 1.54) is 10.6 Å². The third-order valence-electron chi connectivity index (χ3n) is 11.2. The van der Waals surface area contributed by atoms with Gasteiger partial charge in [-0.25, -0.2) is 18.0 Å². The predicted molar refractivity (Wildman–Crippen MR) is 194 cm³/mol. The molecule has 0 unspecified atom stereocenters. The highest BCUT2D eigenvalue weighted by molar-refractivity contribution is 7.88. The molecule has 0 aromatic heterocycles. The summed E-state index contributed by atoms with van der Waals surface area (Å²) in [4.78, 5) is 48.7. The van der Waals surface area contributed by atoms with E-state index in [0.29, 0.717) is 96.5 Å². The first-order chi connectivity index (χ1) is 25.0. The Morgan fingerprint density at radius 1 is 0.885 bits per heavy atom. The highest BCUT2D eigenvalue weighted by atomic mass is 32.2. The number of piperazine rings is 1. The Labute approximate surface area is 306 Å². The molecule has 0 saturated carbocycles. The maximum atomic E-state index is 14.2. The highest BCUT2D eigenvalue weighted by Gasteiger charge is 2.37. The van der Waals surface area contributed by atoms with Gasteiger partial charge in [0.15, 0.2) is 17.6 Å². The minimum absolute atomic E-state index is 0.00729. The number of anilines is 1. The smallest absolute Gasteiger partial charge is 0.410 e. The zero-order chi connectivity index (χ0) is 36.4. The molecule has 1 atom stereocenters. The standard InChI is InChI=1S/C37H50N6O8S/c1-26-23-27(24-32-34(26)50-22-21-49-32)25-33(35(44)40-12-8-29(9-13-40)39-17-19-42(20-18-39)52(2,47)48)51-37(46)41-14-10-30(11-15-41)43-16-7-28-5-3-4-6-31(28)38-36(43)45/h3-6,23-24,29-30,33H,7-22,25H2,1-2H3,(H,38,45)/t33-/m1/s1. The zero-order valence-electron chi connectivity index (χ0n) is 30.1. The quantitative estimate of drug-likeness (QED) is 0.454. The van der Waals surface area contributed by atoms with Gasteiger partial charge in [-0.3, -0.25) is 9.69 Å². The second kappa shape index (κ2) is 15.5. The normalized spacial score (nSPS) is 21.6. The van der Waals surface area contributed by atoms with E-state index in [2.05, 4.69) is 10.2 Å². The minimum Gasteiger partial charge on any atom is -0.486 e. The topological polar surface area (TPSA) is 141 Å². The van der Waals surface area contributed by atoms with Crippen LogP contribution in [-0.2, 0) is 32.4 Å². The van der Waals surface area contributed by atoms with Crippen LogP contribution in [-0.4, -0.2) is 147 Å². The lowest BCUT2D eigenvalue weighted by molar-refractivity contribution is -0.142. The van der Waals surface area contributed by atoms with E-state index in [1.54, 1.807) is 9.80 Å². The fourth-order valence-corrected chi connectivity index (χ4v) is 9.09. The summed E-state index contributed by atoms with van der Waals surface area (Å²) in [5, 5.41) is 3.04. The molecule has 0 spiro atoms. The second-order valence-electron chi connectivity index (χ2n) is 14.5. The number of nitrogens with zero attached hydrogens (tertiary/aromatic N) is 5. The molecule has 7 rings (SSSR count). The van der Waals surface area contributed by atoms with Gasteiger partial charge in [-0.15, -0.1) is 0 Å². The van der Waals surface area contributed by atoms with Crippen LogP contribution >= 0.6 is 0 Å². The van der Waals surface area contributed by atoms with Crippen LogP contribution < -0.4 is 14.8 Å². The molecule has 5 heterocycles. The van der Waals surface area contributed by atoms with Crippen LogP contribution in [0.1, 0.15) is 42.4 Å². The van der Waals surface area contributed by atoms with Crippen molar-refractivity contribution in [2.45, 2.75) is 63.6 Å². The number of hydrogen-bond donors (Lipinski definition) is 1. The van der Waals surface area contributed by atoms with Crippen LogP contribution in [0.3, 0.4) is 0 Å². The van der Waals surface area contributed by atoms with Crippen molar-refractivity contribution in [2.75, 3.05) is 83.7 Å². The summed E-state index contributed by atoms with van der Waals surface area (Å²) in [6.07, 6.45) is 3.40. The van der Waals surface area contributed by atoms with Crippen LogP contribution in [0.15, 0.2) is 36.4 Å². The van der Waals surface area contributed by atoms with Crippen LogP contribution in [0.25, 0.3) is 0 Å². The molecule has 15 heteroatoms. The molecule has 0 bridgehead atoms. The molecule has 4 amide bonds. The Balaban J connectivity index is 0.988. The molecule has 282 valence electrons. The number of fused-ring (bicyclic) bond motifs is 2. The zero-order valence-corrected chi connectivity index (χ0v) is 30.9. The molecular weight excluding hydrogens is 689 g/mol. The van der Waals surface area contributed by atoms with Crippen molar-refractivity contribution in [2.24, 2.45) is 0 Å². The summed E-state index contributed by atoms with van der Waals surface area (Å²) >= 11 is 0. The van der Waals surface area contributed by atoms with Crippen molar-refractivity contribution in [3.8, 4) is 11.5 Å². The first-order valence-corrected chi connectivity index (χ1v) is 20.4. The molecule has 1 N–H and O–H groups in total. The lowest BCUT2D eigenvalue weighted by atomic mass is 9.99. The Bertz CT molecular complexity index is 1750. The molecular formula is C37H50N6O8S. The molecule has 2 aromatic carbocycles. The Morgan fingerprint density at radius 2 is 1.56 bits per heavy atom. The van der Waals surface area contributed by atoms with Gasteiger partial charge in [0.05, 0.1) is 6.26 Å². The van der Waals surface area contributed by atoms with E-state index in [-0.39, 0.29) is 30.4 Å². The van der Waals surface area contributed by atoms with E-state index < -0.39 is 22.2 Å². The number of piperidine rings is 2. The van der Waals surface area contributed by atoms with Crippen molar-refractivity contribution < 1.29 is 37.0 Å². The van der Waals surface area contributed by atoms with Gasteiger partial charge in [0, 0.05) is 83.1 Å². The summed E-state index contributed by atoms with van der Waals surface area (Å²) in [7, 11) is -3.21. The Morgan fingerprint density at radius 3 is 2.29 bits per heavy atom. The number of aryl methyl sites for hydroxylation is 1. The summed E-state index contributed by atoms with van der Waals surface area (Å²) in [5.41, 5.74) is 3.67. The molecule has 5 aliphatic heterocycles. The van der Waals surface area contributed by atoms with Crippen LogP contribution in [0.2, 0.25) is 0 Å². The summed E-state index contributed by atoms with van der Waals surface area (Å²) in [6.45, 7) is 7.63. The number of amides is 4. The summed E-state index contributed by atoms with van der Waals surface area (Å²) in [5.74, 6) is 1.09. The number of sulfonamides is 1. The maximum Gasteiger partial charge on any atom is 0.410 e. The number of urea groups is 1. The van der Waals surface area contributed by atoms with Crippen molar-refractivity contribution in [3.05, 3.63) is 53.1 Å². The van der Waals surface area contributed by atoms with Gasteiger partial charge in [-0.05, 0) is 67.9 Å². The predicted octanol–water partition coefficient (Wildman–Crippen LogP) is 2.94. The van der Waals surface area contributed by atoms with Gasteiger partial charge >= 0.3 is 12.1 Å². The second-order valence-corrected chi connectivity index (χ2v) is 16.5. The van der Waals surface area contributed by atoms with E-state index >= 15 is 0 Å². The lowest BCUT2D eigenvalue weighted by Gasteiger charge is -2.42. The van der Waals surface area contributed by atoms with E-state index in [0.717, 1.165) is 41.6 Å². The maximum absolute atomic E-state index is 14.2. The Kier molecular flexibility index (Phi) is 10.8. The van der Waals surface area contributed by atoms with Gasteiger partial charge in [0.1, 0.15) is 13.2 Å². The lowest BCUT2D eigenvalue weighted by Crippen LogP contribution is -2.55. The average Bonchev–Trinajstić information content (AvgIpc) is 3.32. The Hall–Kier alpha value is -4.08. The average molecular weight is 739 g/mol. The number of carbonyl (C=O) groups excluding carboxylic acids is 3. The van der Waals surface area contributed by atoms with E-state index in [1.807, 2.05) is 48.2 Å². The monoisotopic (exact) mass is 738 g/mol. The molecule has 3 saturated heterocycles. The number of carbonyl (C=O) groups is 3. The summed E-state index contributed by atoms with van der Waals surface area (Å²) < 4.78 is 43.3. The molecule has 2 aromatic rings. The third kappa shape index (κ3) is 8.11.